The average Bonchev–Trinajstić information content (AvgIpc) is 2.14. The molecular formula is C9H5BrF3NO3. The van der Waals surface area contributed by atoms with E-state index in [1.807, 2.05) is 0 Å². The van der Waals surface area contributed by atoms with Crippen LogP contribution in [0, 0.1) is 10.1 Å². The minimum Gasteiger partial charge on any atom is -0.294 e. The second-order valence-corrected chi connectivity index (χ2v) is 3.93. The van der Waals surface area contributed by atoms with Crippen molar-refractivity contribution in [1.82, 2.24) is 0 Å². The van der Waals surface area contributed by atoms with E-state index in [4.69, 9.17) is 0 Å². The van der Waals surface area contributed by atoms with Gasteiger partial charge in [0.15, 0.2) is 5.78 Å². The van der Waals surface area contributed by atoms with Crippen molar-refractivity contribution in [3.63, 3.8) is 0 Å². The van der Waals surface area contributed by atoms with Crippen LogP contribution >= 0.6 is 15.9 Å². The van der Waals surface area contributed by atoms with E-state index in [1.165, 1.54) is 0 Å². The zero-order valence-corrected chi connectivity index (χ0v) is 9.92. The molecule has 0 saturated carbocycles. The summed E-state index contributed by atoms with van der Waals surface area (Å²) in [6, 6.07) is 1.66. The summed E-state index contributed by atoms with van der Waals surface area (Å²) >= 11 is 2.59. The predicted molar refractivity (Wildman–Crippen MR) is 55.8 cm³/mol. The summed E-state index contributed by atoms with van der Waals surface area (Å²) < 4.78 is 37.4. The second-order valence-electron chi connectivity index (χ2n) is 3.13. The molecule has 0 spiro atoms. The Bertz CT molecular complexity index is 499. The number of nitro groups is 1. The number of nitro benzene ring substituents is 1. The van der Waals surface area contributed by atoms with E-state index in [0.29, 0.717) is 6.07 Å². The lowest BCUT2D eigenvalue weighted by Crippen LogP contribution is -2.12. The molecule has 0 fully saturated rings. The molecule has 0 heterocycles. The highest BCUT2D eigenvalue weighted by Crippen LogP contribution is 2.42. The van der Waals surface area contributed by atoms with Crippen LogP contribution in [-0.2, 0) is 6.18 Å². The number of carbonyl (C=O) groups is 1. The van der Waals surface area contributed by atoms with Gasteiger partial charge in [-0.3, -0.25) is 14.9 Å². The topological polar surface area (TPSA) is 60.2 Å². The van der Waals surface area contributed by atoms with E-state index in [1.54, 1.807) is 0 Å². The van der Waals surface area contributed by atoms with Gasteiger partial charge in [-0.1, -0.05) is 0 Å². The van der Waals surface area contributed by atoms with Gasteiger partial charge < -0.3 is 0 Å². The number of nitrogens with zero attached hydrogens (tertiary/aromatic N) is 1. The van der Waals surface area contributed by atoms with Crippen LogP contribution in [-0.4, -0.2) is 10.7 Å². The van der Waals surface area contributed by atoms with Crippen LogP contribution in [0.2, 0.25) is 0 Å². The molecule has 1 rings (SSSR count). The zero-order valence-electron chi connectivity index (χ0n) is 8.34. The standard InChI is InChI=1S/C9H5BrF3NO3/c1-4(15)5-2-3-6(14(16)17)7(8(5)10)9(11,12)13/h2-3H,1H3. The molecule has 0 amide bonds. The Labute approximate surface area is 102 Å². The van der Waals surface area contributed by atoms with Crippen LogP contribution in [0.1, 0.15) is 22.8 Å². The lowest BCUT2D eigenvalue weighted by Gasteiger charge is -2.11. The van der Waals surface area contributed by atoms with Crippen molar-refractivity contribution in [2.24, 2.45) is 0 Å². The van der Waals surface area contributed by atoms with Crippen LogP contribution in [0.4, 0.5) is 18.9 Å². The van der Waals surface area contributed by atoms with Crippen molar-refractivity contribution in [3.05, 3.63) is 37.8 Å². The zero-order chi connectivity index (χ0) is 13.4. The molecule has 1 aromatic carbocycles. The first-order valence-electron chi connectivity index (χ1n) is 4.21. The summed E-state index contributed by atoms with van der Waals surface area (Å²) in [5.74, 6) is -0.614. The summed E-state index contributed by atoms with van der Waals surface area (Å²) in [5, 5.41) is 10.5. The third kappa shape index (κ3) is 2.63. The minimum atomic E-state index is -4.91. The van der Waals surface area contributed by atoms with Gasteiger partial charge in [0.2, 0.25) is 0 Å². The molecule has 0 atom stereocenters. The van der Waals surface area contributed by atoms with Gasteiger partial charge in [-0.25, -0.2) is 0 Å². The fraction of sp³-hybridized carbons (Fsp3) is 0.222. The van der Waals surface area contributed by atoms with Gasteiger partial charge in [0.25, 0.3) is 5.69 Å². The number of alkyl halides is 3. The molecule has 1 aromatic rings. The Hall–Kier alpha value is -1.44. The highest BCUT2D eigenvalue weighted by molar-refractivity contribution is 9.10. The third-order valence-corrected chi connectivity index (χ3v) is 2.80. The first-order valence-corrected chi connectivity index (χ1v) is 5.00. The number of carbonyl (C=O) groups excluding carboxylic acids is 1. The lowest BCUT2D eigenvalue weighted by molar-refractivity contribution is -0.388. The SMILES string of the molecule is CC(=O)c1ccc([N+](=O)[O-])c(C(F)(F)F)c1Br. The number of ketones is 1. The van der Waals surface area contributed by atoms with Crippen molar-refractivity contribution in [3.8, 4) is 0 Å². The monoisotopic (exact) mass is 311 g/mol. The van der Waals surface area contributed by atoms with Crippen molar-refractivity contribution < 1.29 is 22.9 Å². The summed E-state index contributed by atoms with van der Waals surface area (Å²) in [4.78, 5) is 20.4. The van der Waals surface area contributed by atoms with Gasteiger partial charge in [-0.15, -0.1) is 0 Å². The minimum absolute atomic E-state index is 0.247. The van der Waals surface area contributed by atoms with Crippen molar-refractivity contribution in [2.75, 3.05) is 0 Å². The maximum atomic E-state index is 12.7. The molecule has 17 heavy (non-hydrogen) atoms. The predicted octanol–water partition coefficient (Wildman–Crippen LogP) is 3.58. The first-order chi connectivity index (χ1) is 7.66. The van der Waals surface area contributed by atoms with Gasteiger partial charge in [-0.2, -0.15) is 13.2 Å². The number of hydrogen-bond acceptors (Lipinski definition) is 3. The van der Waals surface area contributed by atoms with Crippen molar-refractivity contribution in [1.29, 1.82) is 0 Å². The third-order valence-electron chi connectivity index (χ3n) is 1.98. The molecule has 0 aliphatic heterocycles. The highest BCUT2D eigenvalue weighted by atomic mass is 79.9. The van der Waals surface area contributed by atoms with Crippen molar-refractivity contribution in [2.45, 2.75) is 13.1 Å². The maximum Gasteiger partial charge on any atom is 0.424 e. The fourth-order valence-electron chi connectivity index (χ4n) is 1.26. The highest BCUT2D eigenvalue weighted by Gasteiger charge is 2.41. The molecular weight excluding hydrogens is 307 g/mol. The largest absolute Gasteiger partial charge is 0.424 e. The molecule has 8 heteroatoms. The summed E-state index contributed by atoms with van der Waals surface area (Å²) in [5.41, 5.74) is -2.78. The lowest BCUT2D eigenvalue weighted by atomic mass is 10.1. The van der Waals surface area contributed by atoms with Gasteiger partial charge in [0.1, 0.15) is 5.56 Å². The maximum absolute atomic E-state index is 12.7. The van der Waals surface area contributed by atoms with E-state index in [-0.39, 0.29) is 5.56 Å². The summed E-state index contributed by atoms with van der Waals surface area (Å²) in [7, 11) is 0. The molecule has 0 radical (unpaired) electrons. The fourth-order valence-corrected chi connectivity index (χ4v) is 2.10. The normalized spacial score (nSPS) is 11.4. The average molecular weight is 312 g/mol. The van der Waals surface area contributed by atoms with Crippen LogP contribution in [0.15, 0.2) is 16.6 Å². The van der Waals surface area contributed by atoms with Crippen molar-refractivity contribution >= 4 is 27.4 Å². The molecule has 0 bridgehead atoms. The smallest absolute Gasteiger partial charge is 0.294 e. The molecule has 0 aliphatic rings. The Balaban J connectivity index is 3.65. The molecule has 4 nitrogen and oxygen atoms in total. The van der Waals surface area contributed by atoms with Crippen LogP contribution in [0.3, 0.4) is 0 Å². The summed E-state index contributed by atoms with van der Waals surface area (Å²) in [6.45, 7) is 1.08. The number of Topliss-reactive ketones (excluding diaryl/α,β-unsaturated/α-hetero) is 1. The van der Waals surface area contributed by atoms with Crippen LogP contribution < -0.4 is 0 Å². The Kier molecular flexibility index (Phi) is 3.56. The first kappa shape index (κ1) is 13.6. The Morgan fingerprint density at radius 1 is 1.41 bits per heavy atom. The van der Waals surface area contributed by atoms with Gasteiger partial charge in [-0.05, 0) is 28.9 Å². The van der Waals surface area contributed by atoms with E-state index < -0.39 is 32.6 Å². The van der Waals surface area contributed by atoms with E-state index in [0.717, 1.165) is 13.0 Å². The quantitative estimate of drug-likeness (QED) is 0.476. The molecule has 0 aliphatic carbocycles. The molecule has 0 unspecified atom stereocenters. The molecule has 0 aromatic heterocycles. The Morgan fingerprint density at radius 2 is 1.94 bits per heavy atom. The van der Waals surface area contributed by atoms with E-state index in [2.05, 4.69) is 15.9 Å². The van der Waals surface area contributed by atoms with Crippen LogP contribution in [0.5, 0.6) is 0 Å². The number of rotatable bonds is 2. The number of benzene rings is 1. The summed E-state index contributed by atoms with van der Waals surface area (Å²) in [6.07, 6.45) is -4.91. The van der Waals surface area contributed by atoms with Gasteiger partial charge >= 0.3 is 6.18 Å². The number of halogens is 4. The van der Waals surface area contributed by atoms with E-state index >= 15 is 0 Å². The Morgan fingerprint density at radius 3 is 2.29 bits per heavy atom. The molecule has 0 saturated heterocycles. The molecule has 92 valence electrons. The van der Waals surface area contributed by atoms with Crippen LogP contribution in [0.25, 0.3) is 0 Å². The van der Waals surface area contributed by atoms with Gasteiger partial charge in [0, 0.05) is 16.1 Å². The second kappa shape index (κ2) is 4.44. The van der Waals surface area contributed by atoms with Gasteiger partial charge in [0.05, 0.1) is 4.92 Å². The number of hydrogen-bond donors (Lipinski definition) is 0. The van der Waals surface area contributed by atoms with E-state index in [9.17, 15) is 28.1 Å². The molecule has 0 N–H and O–H groups in total.